The Labute approximate surface area is 126 Å². The highest BCUT2D eigenvalue weighted by Crippen LogP contribution is 2.34. The molecule has 4 heteroatoms. The van der Waals surface area contributed by atoms with Crippen LogP contribution in [0.5, 0.6) is 0 Å². The summed E-state index contributed by atoms with van der Waals surface area (Å²) in [5, 5.41) is 18.1. The molecule has 21 heavy (non-hydrogen) atoms. The average molecular weight is 287 g/mol. The molecule has 0 saturated heterocycles. The van der Waals surface area contributed by atoms with Crippen LogP contribution in [0.25, 0.3) is 0 Å². The number of aliphatic hydroxyl groups excluding tert-OH is 1. The Morgan fingerprint density at radius 3 is 2.29 bits per heavy atom. The lowest BCUT2D eigenvalue weighted by molar-refractivity contribution is 0.260. The number of hydrogen-bond acceptors (Lipinski definition) is 3. The second kappa shape index (κ2) is 6.85. The van der Waals surface area contributed by atoms with Crippen LogP contribution in [0.3, 0.4) is 0 Å². The third-order valence-corrected chi connectivity index (χ3v) is 4.10. The maximum absolute atomic E-state index is 9.51. The first kappa shape index (κ1) is 15.7. The first-order chi connectivity index (χ1) is 10.1. The van der Waals surface area contributed by atoms with Crippen LogP contribution < -0.4 is 0 Å². The fourth-order valence-corrected chi connectivity index (χ4v) is 2.85. The van der Waals surface area contributed by atoms with Crippen LogP contribution in [0.15, 0.2) is 30.3 Å². The maximum Gasteiger partial charge on any atom is 0.159 e. The van der Waals surface area contributed by atoms with Gasteiger partial charge in [-0.25, -0.2) is 0 Å². The van der Waals surface area contributed by atoms with Gasteiger partial charge in [-0.15, -0.1) is 10.2 Å². The Bertz CT molecular complexity index is 563. The molecule has 2 rings (SSSR count). The smallest absolute Gasteiger partial charge is 0.159 e. The summed E-state index contributed by atoms with van der Waals surface area (Å²) in [5.74, 6) is 2.26. The zero-order chi connectivity index (χ0) is 15.4. The summed E-state index contributed by atoms with van der Waals surface area (Å²) in [6.45, 7) is 8.57. The van der Waals surface area contributed by atoms with Gasteiger partial charge in [-0.3, -0.25) is 0 Å². The lowest BCUT2D eigenvalue weighted by Gasteiger charge is -2.25. The van der Waals surface area contributed by atoms with Crippen LogP contribution in [0, 0.1) is 5.92 Å². The SMILES string of the molecule is CCC(C)C(c1ccccc1)c1nnc(CO)n1C(C)C. The minimum Gasteiger partial charge on any atom is -0.388 e. The summed E-state index contributed by atoms with van der Waals surface area (Å²) in [5.41, 5.74) is 1.26. The molecule has 1 aromatic carbocycles. The van der Waals surface area contributed by atoms with Crippen molar-refractivity contribution in [3.63, 3.8) is 0 Å². The third kappa shape index (κ3) is 3.16. The summed E-state index contributed by atoms with van der Waals surface area (Å²) in [4.78, 5) is 0. The standard InChI is InChI=1S/C17H25N3O/c1-5-13(4)16(14-9-7-6-8-10-14)17-19-18-15(11-21)20(17)12(2)3/h6-10,12-13,16,21H,5,11H2,1-4H3. The minimum absolute atomic E-state index is 0.0762. The second-order valence-corrected chi connectivity index (χ2v) is 5.87. The van der Waals surface area contributed by atoms with Crippen LogP contribution in [0.1, 0.15) is 63.3 Å². The molecule has 2 aromatic rings. The molecule has 0 bridgehead atoms. The zero-order valence-corrected chi connectivity index (χ0v) is 13.3. The van der Waals surface area contributed by atoms with Crippen LogP contribution in [-0.2, 0) is 6.61 Å². The van der Waals surface area contributed by atoms with Gasteiger partial charge < -0.3 is 9.67 Å². The molecule has 2 unspecified atom stereocenters. The number of benzene rings is 1. The van der Waals surface area contributed by atoms with E-state index in [0.29, 0.717) is 11.7 Å². The third-order valence-electron chi connectivity index (χ3n) is 4.10. The molecule has 1 N–H and O–H groups in total. The molecule has 0 spiro atoms. The first-order valence-electron chi connectivity index (χ1n) is 7.69. The summed E-state index contributed by atoms with van der Waals surface area (Å²) < 4.78 is 2.07. The maximum atomic E-state index is 9.51. The number of hydrogen-bond donors (Lipinski definition) is 1. The minimum atomic E-state index is -0.0762. The summed E-state index contributed by atoms with van der Waals surface area (Å²) >= 11 is 0. The Morgan fingerprint density at radius 2 is 1.76 bits per heavy atom. The number of rotatable bonds is 6. The highest BCUT2D eigenvalue weighted by atomic mass is 16.3. The molecule has 4 nitrogen and oxygen atoms in total. The molecule has 1 heterocycles. The predicted molar refractivity (Wildman–Crippen MR) is 84.1 cm³/mol. The van der Waals surface area contributed by atoms with Crippen LogP contribution in [0.2, 0.25) is 0 Å². The van der Waals surface area contributed by atoms with Crippen molar-refractivity contribution in [2.45, 2.75) is 52.7 Å². The first-order valence-corrected chi connectivity index (χ1v) is 7.69. The van der Waals surface area contributed by atoms with Crippen molar-refractivity contribution in [1.82, 2.24) is 14.8 Å². The largest absolute Gasteiger partial charge is 0.388 e. The van der Waals surface area contributed by atoms with Crippen molar-refractivity contribution < 1.29 is 5.11 Å². The van der Waals surface area contributed by atoms with Gasteiger partial charge in [0.05, 0.1) is 0 Å². The molecule has 114 valence electrons. The molecule has 0 amide bonds. The summed E-state index contributed by atoms with van der Waals surface area (Å²) in [7, 11) is 0. The van der Waals surface area contributed by atoms with Gasteiger partial charge in [0, 0.05) is 12.0 Å². The fourth-order valence-electron chi connectivity index (χ4n) is 2.85. The molecule has 0 saturated carbocycles. The van der Waals surface area contributed by atoms with Gasteiger partial charge in [-0.2, -0.15) is 0 Å². The van der Waals surface area contributed by atoms with Gasteiger partial charge in [0.25, 0.3) is 0 Å². The van der Waals surface area contributed by atoms with Gasteiger partial charge >= 0.3 is 0 Å². The molecule has 0 fully saturated rings. The molecule has 2 atom stereocenters. The number of aromatic nitrogens is 3. The Balaban J connectivity index is 2.55. The summed E-state index contributed by atoms with van der Waals surface area (Å²) in [6, 6.07) is 10.7. The lowest BCUT2D eigenvalue weighted by atomic mass is 9.84. The quantitative estimate of drug-likeness (QED) is 0.884. The van der Waals surface area contributed by atoms with E-state index >= 15 is 0 Å². The van der Waals surface area contributed by atoms with E-state index in [-0.39, 0.29) is 18.6 Å². The van der Waals surface area contributed by atoms with E-state index in [1.807, 2.05) is 6.07 Å². The molecule has 0 radical (unpaired) electrons. The van der Waals surface area contributed by atoms with Crippen molar-refractivity contribution >= 4 is 0 Å². The number of aliphatic hydroxyl groups is 1. The van der Waals surface area contributed by atoms with Crippen molar-refractivity contribution in [3.05, 3.63) is 47.5 Å². The van der Waals surface area contributed by atoms with E-state index in [1.54, 1.807) is 0 Å². The van der Waals surface area contributed by atoms with Gasteiger partial charge in [0.15, 0.2) is 5.82 Å². The van der Waals surface area contributed by atoms with Gasteiger partial charge in [0.2, 0.25) is 0 Å². The molecule has 0 aliphatic heterocycles. The van der Waals surface area contributed by atoms with Crippen molar-refractivity contribution in [1.29, 1.82) is 0 Å². The normalized spacial score (nSPS) is 14.4. The average Bonchev–Trinajstić information content (AvgIpc) is 2.92. The lowest BCUT2D eigenvalue weighted by Crippen LogP contribution is -2.19. The van der Waals surface area contributed by atoms with Gasteiger partial charge in [0.1, 0.15) is 12.4 Å². The van der Waals surface area contributed by atoms with E-state index in [2.05, 4.69) is 66.7 Å². The second-order valence-electron chi connectivity index (χ2n) is 5.87. The molecule has 0 aliphatic rings. The van der Waals surface area contributed by atoms with E-state index < -0.39 is 0 Å². The Morgan fingerprint density at radius 1 is 1.10 bits per heavy atom. The van der Waals surface area contributed by atoms with Crippen molar-refractivity contribution in [2.75, 3.05) is 0 Å². The zero-order valence-electron chi connectivity index (χ0n) is 13.3. The van der Waals surface area contributed by atoms with Gasteiger partial charge in [-0.1, -0.05) is 50.6 Å². The van der Waals surface area contributed by atoms with E-state index in [9.17, 15) is 5.11 Å². The monoisotopic (exact) mass is 287 g/mol. The molecular weight excluding hydrogens is 262 g/mol. The highest BCUT2D eigenvalue weighted by Gasteiger charge is 2.27. The van der Waals surface area contributed by atoms with E-state index in [4.69, 9.17) is 0 Å². The molecule has 0 aliphatic carbocycles. The van der Waals surface area contributed by atoms with E-state index in [0.717, 1.165) is 12.2 Å². The molecule has 1 aromatic heterocycles. The number of nitrogens with zero attached hydrogens (tertiary/aromatic N) is 3. The van der Waals surface area contributed by atoms with Crippen LogP contribution >= 0.6 is 0 Å². The molecular formula is C17H25N3O. The van der Waals surface area contributed by atoms with Crippen LogP contribution in [0.4, 0.5) is 0 Å². The topological polar surface area (TPSA) is 50.9 Å². The van der Waals surface area contributed by atoms with Crippen LogP contribution in [-0.4, -0.2) is 19.9 Å². The Hall–Kier alpha value is -1.68. The van der Waals surface area contributed by atoms with E-state index in [1.165, 1.54) is 5.56 Å². The highest BCUT2D eigenvalue weighted by molar-refractivity contribution is 5.27. The fraction of sp³-hybridized carbons (Fsp3) is 0.529. The van der Waals surface area contributed by atoms with Crippen molar-refractivity contribution in [2.24, 2.45) is 5.92 Å². The summed E-state index contributed by atoms with van der Waals surface area (Å²) in [6.07, 6.45) is 1.07. The van der Waals surface area contributed by atoms with Gasteiger partial charge in [-0.05, 0) is 25.3 Å². The Kier molecular flexibility index (Phi) is 5.12. The predicted octanol–water partition coefficient (Wildman–Crippen LogP) is 3.53. The van der Waals surface area contributed by atoms with Crippen molar-refractivity contribution in [3.8, 4) is 0 Å².